The molecule has 2 saturated heterocycles. The summed E-state index contributed by atoms with van der Waals surface area (Å²) >= 11 is 1.87. The molecule has 1 aromatic heterocycles. The van der Waals surface area contributed by atoms with Crippen LogP contribution in [0.5, 0.6) is 0 Å². The van der Waals surface area contributed by atoms with Crippen molar-refractivity contribution in [1.82, 2.24) is 20.0 Å². The molecule has 0 radical (unpaired) electrons. The maximum atomic E-state index is 13.0. The first-order chi connectivity index (χ1) is 11.2. The largest absolute Gasteiger partial charge is 0.344 e. The van der Waals surface area contributed by atoms with E-state index in [-0.39, 0.29) is 23.9 Å². The van der Waals surface area contributed by atoms with Gasteiger partial charge in [-0.15, -0.1) is 0 Å². The van der Waals surface area contributed by atoms with Crippen molar-refractivity contribution in [2.24, 2.45) is 0 Å². The SMILES string of the molecule is CCn1cc([C@@H]2CSCCN2C(=O)[C@H]2CCCCC(=O)N2)cn1. The molecule has 0 bridgehead atoms. The second kappa shape index (κ2) is 7.38. The molecule has 23 heavy (non-hydrogen) atoms. The second-order valence-electron chi connectivity index (χ2n) is 6.12. The van der Waals surface area contributed by atoms with Crippen molar-refractivity contribution in [3.63, 3.8) is 0 Å². The summed E-state index contributed by atoms with van der Waals surface area (Å²) < 4.78 is 1.89. The summed E-state index contributed by atoms with van der Waals surface area (Å²) in [6.45, 7) is 3.61. The van der Waals surface area contributed by atoms with E-state index in [0.717, 1.165) is 49.4 Å². The van der Waals surface area contributed by atoms with E-state index < -0.39 is 0 Å². The predicted molar refractivity (Wildman–Crippen MR) is 90.1 cm³/mol. The number of amides is 2. The van der Waals surface area contributed by atoms with E-state index in [2.05, 4.69) is 17.3 Å². The molecule has 0 spiro atoms. The Labute approximate surface area is 141 Å². The van der Waals surface area contributed by atoms with Gasteiger partial charge in [-0.2, -0.15) is 16.9 Å². The fourth-order valence-electron chi connectivity index (χ4n) is 3.23. The molecule has 0 aromatic carbocycles. The topological polar surface area (TPSA) is 67.2 Å². The molecule has 6 nitrogen and oxygen atoms in total. The van der Waals surface area contributed by atoms with Crippen LogP contribution in [0.15, 0.2) is 12.4 Å². The Hall–Kier alpha value is -1.50. The Bertz CT molecular complexity index is 574. The average molecular weight is 336 g/mol. The molecule has 7 heteroatoms. The number of hydrogen-bond donors (Lipinski definition) is 1. The minimum atomic E-state index is -0.364. The highest BCUT2D eigenvalue weighted by Gasteiger charge is 2.34. The van der Waals surface area contributed by atoms with Crippen LogP contribution in [0.1, 0.15) is 44.2 Å². The number of carbonyl (C=O) groups excluding carboxylic acids is 2. The number of carbonyl (C=O) groups is 2. The van der Waals surface area contributed by atoms with Crippen LogP contribution in [-0.4, -0.2) is 50.6 Å². The number of aromatic nitrogens is 2. The van der Waals surface area contributed by atoms with Gasteiger partial charge in [0.05, 0.1) is 12.2 Å². The van der Waals surface area contributed by atoms with Gasteiger partial charge < -0.3 is 10.2 Å². The minimum absolute atomic E-state index is 0.00240. The highest BCUT2D eigenvalue weighted by molar-refractivity contribution is 7.99. The van der Waals surface area contributed by atoms with E-state index in [1.54, 1.807) is 0 Å². The first kappa shape index (κ1) is 16.4. The lowest BCUT2D eigenvalue weighted by Crippen LogP contribution is -2.51. The van der Waals surface area contributed by atoms with Gasteiger partial charge in [-0.25, -0.2) is 0 Å². The minimum Gasteiger partial charge on any atom is -0.344 e. The van der Waals surface area contributed by atoms with Gasteiger partial charge >= 0.3 is 0 Å². The van der Waals surface area contributed by atoms with E-state index in [1.807, 2.05) is 33.7 Å². The molecule has 0 saturated carbocycles. The van der Waals surface area contributed by atoms with Crippen LogP contribution in [0.4, 0.5) is 0 Å². The smallest absolute Gasteiger partial charge is 0.245 e. The third kappa shape index (κ3) is 3.71. The van der Waals surface area contributed by atoms with Gasteiger partial charge in [0.1, 0.15) is 6.04 Å². The lowest BCUT2D eigenvalue weighted by atomic mass is 10.1. The highest BCUT2D eigenvalue weighted by Crippen LogP contribution is 2.30. The number of nitrogens with one attached hydrogen (secondary N) is 1. The maximum absolute atomic E-state index is 13.0. The van der Waals surface area contributed by atoms with Crippen LogP contribution in [0.25, 0.3) is 0 Å². The number of nitrogens with zero attached hydrogens (tertiary/aromatic N) is 3. The van der Waals surface area contributed by atoms with Crippen LogP contribution in [0, 0.1) is 0 Å². The fraction of sp³-hybridized carbons (Fsp3) is 0.688. The fourth-order valence-corrected chi connectivity index (χ4v) is 4.31. The Morgan fingerprint density at radius 2 is 2.35 bits per heavy atom. The zero-order chi connectivity index (χ0) is 16.2. The van der Waals surface area contributed by atoms with Gasteiger partial charge in [0, 0.05) is 42.8 Å². The summed E-state index contributed by atoms with van der Waals surface area (Å²) in [5.41, 5.74) is 1.09. The lowest BCUT2D eigenvalue weighted by molar-refractivity contribution is -0.138. The summed E-state index contributed by atoms with van der Waals surface area (Å²) in [4.78, 5) is 26.7. The first-order valence-electron chi connectivity index (χ1n) is 8.39. The Balaban J connectivity index is 1.77. The van der Waals surface area contributed by atoms with Crippen LogP contribution in [-0.2, 0) is 16.1 Å². The van der Waals surface area contributed by atoms with Crippen molar-refractivity contribution >= 4 is 23.6 Å². The molecule has 126 valence electrons. The standard InChI is InChI=1S/C16H24N4O2S/c1-2-19-10-12(9-17-19)14-11-23-8-7-20(14)16(22)13-5-3-4-6-15(21)18-13/h9-10,13-14H,2-8,11H2,1H3,(H,18,21)/t13-,14+/m1/s1. The second-order valence-corrected chi connectivity index (χ2v) is 7.27. The van der Waals surface area contributed by atoms with Gasteiger partial charge in [0.2, 0.25) is 11.8 Å². The molecule has 0 aliphatic carbocycles. The normalized spacial score (nSPS) is 25.8. The van der Waals surface area contributed by atoms with E-state index in [0.29, 0.717) is 6.42 Å². The molecule has 2 amide bonds. The zero-order valence-electron chi connectivity index (χ0n) is 13.5. The van der Waals surface area contributed by atoms with Crippen molar-refractivity contribution in [1.29, 1.82) is 0 Å². The molecule has 3 heterocycles. The molecule has 2 aliphatic heterocycles. The van der Waals surface area contributed by atoms with Crippen molar-refractivity contribution in [3.8, 4) is 0 Å². The third-order valence-corrected chi connectivity index (χ3v) is 5.58. The van der Waals surface area contributed by atoms with Gasteiger partial charge in [0.15, 0.2) is 0 Å². The average Bonchev–Trinajstić information content (AvgIpc) is 2.95. The number of aryl methyl sites for hydroxylation is 1. The van der Waals surface area contributed by atoms with Gasteiger partial charge in [-0.1, -0.05) is 6.42 Å². The molecule has 1 N–H and O–H groups in total. The van der Waals surface area contributed by atoms with Crippen molar-refractivity contribution < 1.29 is 9.59 Å². The van der Waals surface area contributed by atoms with Crippen LogP contribution in [0.3, 0.4) is 0 Å². The molecular weight excluding hydrogens is 312 g/mol. The summed E-state index contributed by atoms with van der Waals surface area (Å²) in [5.74, 6) is 1.91. The summed E-state index contributed by atoms with van der Waals surface area (Å²) in [5, 5.41) is 7.25. The lowest BCUT2D eigenvalue weighted by Gasteiger charge is -2.37. The van der Waals surface area contributed by atoms with Crippen LogP contribution in [0.2, 0.25) is 0 Å². The molecule has 1 aromatic rings. The highest BCUT2D eigenvalue weighted by atomic mass is 32.2. The summed E-state index contributed by atoms with van der Waals surface area (Å²) in [7, 11) is 0. The van der Waals surface area contributed by atoms with Crippen molar-refractivity contribution in [2.75, 3.05) is 18.1 Å². The molecular formula is C16H24N4O2S. The predicted octanol–water partition coefficient (Wildman–Crippen LogP) is 1.58. The van der Waals surface area contributed by atoms with E-state index in [4.69, 9.17) is 0 Å². The first-order valence-corrected chi connectivity index (χ1v) is 9.54. The Kier molecular flexibility index (Phi) is 5.25. The van der Waals surface area contributed by atoms with Crippen LogP contribution >= 0.6 is 11.8 Å². The summed E-state index contributed by atoms with van der Waals surface area (Å²) in [6.07, 6.45) is 6.98. The Morgan fingerprint density at radius 3 is 3.13 bits per heavy atom. The van der Waals surface area contributed by atoms with Gasteiger partial charge in [-0.3, -0.25) is 14.3 Å². The van der Waals surface area contributed by atoms with Crippen molar-refractivity contribution in [3.05, 3.63) is 18.0 Å². The van der Waals surface area contributed by atoms with Crippen LogP contribution < -0.4 is 5.32 Å². The number of hydrogen-bond acceptors (Lipinski definition) is 4. The molecule has 2 aliphatic rings. The molecule has 2 fully saturated rings. The zero-order valence-corrected chi connectivity index (χ0v) is 14.3. The molecule has 0 unspecified atom stereocenters. The van der Waals surface area contributed by atoms with E-state index in [9.17, 15) is 9.59 Å². The maximum Gasteiger partial charge on any atom is 0.245 e. The quantitative estimate of drug-likeness (QED) is 0.910. The van der Waals surface area contributed by atoms with Gasteiger partial charge in [0.25, 0.3) is 0 Å². The third-order valence-electron chi connectivity index (χ3n) is 4.55. The molecule has 3 rings (SSSR count). The van der Waals surface area contributed by atoms with Gasteiger partial charge in [-0.05, 0) is 19.8 Å². The summed E-state index contributed by atoms with van der Waals surface area (Å²) in [6, 6.07) is -0.307. The number of thioether (sulfide) groups is 1. The molecule has 2 atom stereocenters. The monoisotopic (exact) mass is 336 g/mol. The van der Waals surface area contributed by atoms with Crippen molar-refractivity contribution in [2.45, 2.75) is 51.2 Å². The Morgan fingerprint density at radius 1 is 1.48 bits per heavy atom. The number of rotatable bonds is 3. The van der Waals surface area contributed by atoms with E-state index in [1.165, 1.54) is 0 Å². The van der Waals surface area contributed by atoms with E-state index >= 15 is 0 Å².